The molecule has 2 fully saturated rings. The molecule has 2 heterocycles. The van der Waals surface area contributed by atoms with Crippen molar-refractivity contribution in [2.75, 3.05) is 0 Å². The summed E-state index contributed by atoms with van der Waals surface area (Å²) >= 11 is 0. The van der Waals surface area contributed by atoms with Crippen molar-refractivity contribution in [2.24, 2.45) is 0 Å². The molecule has 21 heavy (non-hydrogen) atoms. The Hall–Kier alpha value is -0.880. The van der Waals surface area contributed by atoms with Crippen LogP contribution in [0.4, 0.5) is 13.2 Å². The molecule has 0 saturated carbocycles. The lowest BCUT2D eigenvalue weighted by molar-refractivity contribution is -0.138. The smallest absolute Gasteiger partial charge is 0.385 e. The summed E-state index contributed by atoms with van der Waals surface area (Å²) in [7, 11) is -0.950. The molecule has 2 unspecified atom stereocenters. The summed E-state index contributed by atoms with van der Waals surface area (Å²) in [5.41, 5.74) is -1.57. The molecule has 6 heteroatoms. The van der Waals surface area contributed by atoms with Crippen molar-refractivity contribution in [3.63, 3.8) is 0 Å². The number of alkyl halides is 3. The minimum Gasteiger partial charge on any atom is -0.385 e. The molecule has 2 saturated heterocycles. The molecule has 0 aliphatic carbocycles. The fraction of sp³-hybridized carbons (Fsp3) is 0.600. The van der Waals surface area contributed by atoms with Crippen LogP contribution in [0.25, 0.3) is 0 Å². The highest BCUT2D eigenvalue weighted by atomic mass is 32.2. The Morgan fingerprint density at radius 1 is 1.24 bits per heavy atom. The Bertz CT molecular complexity index is 581. The van der Waals surface area contributed by atoms with E-state index in [2.05, 4.69) is 0 Å². The van der Waals surface area contributed by atoms with Gasteiger partial charge < -0.3 is 5.11 Å². The second kappa shape index (κ2) is 4.81. The van der Waals surface area contributed by atoms with Crippen LogP contribution in [0.15, 0.2) is 18.2 Å². The van der Waals surface area contributed by atoms with Gasteiger partial charge >= 0.3 is 6.18 Å². The maximum absolute atomic E-state index is 13.0. The predicted molar refractivity (Wildman–Crippen MR) is 74.3 cm³/mol. The van der Waals surface area contributed by atoms with Crippen molar-refractivity contribution in [2.45, 2.75) is 54.9 Å². The second-order valence-electron chi connectivity index (χ2n) is 6.07. The van der Waals surface area contributed by atoms with Gasteiger partial charge in [0.05, 0.1) is 11.2 Å². The third kappa shape index (κ3) is 2.42. The van der Waals surface area contributed by atoms with Crippen LogP contribution in [0.1, 0.15) is 42.4 Å². The number of rotatable bonds is 1. The van der Waals surface area contributed by atoms with E-state index in [1.807, 2.05) is 0 Å². The average molecular weight is 318 g/mol. The summed E-state index contributed by atoms with van der Waals surface area (Å²) in [6, 6.07) is 3.95. The first-order valence-corrected chi connectivity index (χ1v) is 8.29. The Labute approximate surface area is 123 Å². The second-order valence-corrected chi connectivity index (χ2v) is 8.06. The molecule has 2 atom stereocenters. The average Bonchev–Trinajstić information content (AvgIpc) is 2.61. The molecule has 1 aromatic rings. The molecule has 0 radical (unpaired) electrons. The number of aliphatic hydroxyl groups is 1. The zero-order valence-corrected chi connectivity index (χ0v) is 12.4. The first-order valence-electron chi connectivity index (χ1n) is 7.01. The van der Waals surface area contributed by atoms with E-state index in [4.69, 9.17) is 0 Å². The molecule has 2 aliphatic rings. The minimum absolute atomic E-state index is 0.0829. The monoisotopic (exact) mass is 318 g/mol. The van der Waals surface area contributed by atoms with E-state index in [1.165, 1.54) is 13.0 Å². The number of halogens is 3. The zero-order chi connectivity index (χ0) is 15.4. The fourth-order valence-corrected chi connectivity index (χ4v) is 5.91. The van der Waals surface area contributed by atoms with Crippen LogP contribution in [0.2, 0.25) is 0 Å². The first kappa shape index (κ1) is 15.0. The van der Waals surface area contributed by atoms with E-state index in [0.717, 1.165) is 18.9 Å². The molecule has 116 valence electrons. The van der Waals surface area contributed by atoms with Crippen molar-refractivity contribution in [3.8, 4) is 0 Å². The lowest BCUT2D eigenvalue weighted by atomic mass is 9.82. The van der Waals surface area contributed by atoms with Crippen LogP contribution in [0.3, 0.4) is 0 Å². The van der Waals surface area contributed by atoms with Crippen LogP contribution < -0.4 is 0 Å². The maximum Gasteiger partial charge on any atom is 0.416 e. The summed E-state index contributed by atoms with van der Waals surface area (Å²) in [6.07, 6.45) is -2.27. The highest BCUT2D eigenvalue weighted by Gasteiger charge is 2.49. The van der Waals surface area contributed by atoms with Crippen molar-refractivity contribution in [1.82, 2.24) is 0 Å². The normalized spacial score (nSPS) is 36.0. The van der Waals surface area contributed by atoms with Crippen molar-refractivity contribution >= 4 is 10.8 Å². The van der Waals surface area contributed by atoms with E-state index in [9.17, 15) is 22.5 Å². The van der Waals surface area contributed by atoms with Crippen molar-refractivity contribution in [3.05, 3.63) is 34.9 Å². The van der Waals surface area contributed by atoms with E-state index >= 15 is 0 Å². The maximum atomic E-state index is 13.0. The van der Waals surface area contributed by atoms with Gasteiger partial charge in [-0.3, -0.25) is 4.21 Å². The van der Waals surface area contributed by atoms with Crippen LogP contribution in [0.5, 0.6) is 0 Å². The SMILES string of the molecule is Cc1c(C(F)(F)F)cccc1C1(O)CC2CCC(C1)S2=O. The zero-order valence-electron chi connectivity index (χ0n) is 11.6. The molecule has 2 nitrogen and oxygen atoms in total. The lowest BCUT2D eigenvalue weighted by Gasteiger charge is -2.37. The summed E-state index contributed by atoms with van der Waals surface area (Å²) in [6.45, 7) is 1.41. The van der Waals surface area contributed by atoms with Gasteiger partial charge in [0.15, 0.2) is 0 Å². The third-order valence-electron chi connectivity index (χ3n) is 4.74. The van der Waals surface area contributed by atoms with Gasteiger partial charge in [0, 0.05) is 21.3 Å². The van der Waals surface area contributed by atoms with Crippen LogP contribution in [-0.2, 0) is 22.6 Å². The third-order valence-corrected chi connectivity index (χ3v) is 6.86. The molecule has 3 rings (SSSR count). The van der Waals surface area contributed by atoms with Crippen LogP contribution in [-0.4, -0.2) is 19.8 Å². The molecule has 1 aromatic carbocycles. The quantitative estimate of drug-likeness (QED) is 0.863. The standard InChI is InChI=1S/C15H17F3O2S/c1-9-12(3-2-4-13(9)15(16,17)18)14(19)7-10-5-6-11(8-14)21(10)20/h2-4,10-11,19H,5-8H2,1H3. The number of hydrogen-bond donors (Lipinski definition) is 1. The molecular formula is C15H17F3O2S. The van der Waals surface area contributed by atoms with Gasteiger partial charge in [0.1, 0.15) is 0 Å². The summed E-state index contributed by atoms with van der Waals surface area (Å²) in [5.74, 6) is 0. The number of fused-ring (bicyclic) bond motifs is 2. The molecule has 0 amide bonds. The van der Waals surface area contributed by atoms with Gasteiger partial charge in [-0.15, -0.1) is 0 Å². The molecule has 0 aromatic heterocycles. The van der Waals surface area contributed by atoms with Gasteiger partial charge in [-0.25, -0.2) is 0 Å². The van der Waals surface area contributed by atoms with Crippen molar-refractivity contribution < 1.29 is 22.5 Å². The Morgan fingerprint density at radius 3 is 2.33 bits per heavy atom. The lowest BCUT2D eigenvalue weighted by Crippen LogP contribution is -2.41. The predicted octanol–water partition coefficient (Wildman–Crippen LogP) is 3.27. The van der Waals surface area contributed by atoms with Gasteiger partial charge in [-0.1, -0.05) is 12.1 Å². The summed E-state index contributed by atoms with van der Waals surface area (Å²) in [5, 5.41) is 10.7. The fourth-order valence-electron chi connectivity index (χ4n) is 3.75. The molecule has 2 aliphatic heterocycles. The Balaban J connectivity index is 2.03. The largest absolute Gasteiger partial charge is 0.416 e. The van der Waals surface area contributed by atoms with Crippen LogP contribution in [0, 0.1) is 6.92 Å². The van der Waals surface area contributed by atoms with Crippen molar-refractivity contribution in [1.29, 1.82) is 0 Å². The molecule has 0 spiro atoms. The topological polar surface area (TPSA) is 37.3 Å². The Kier molecular flexibility index (Phi) is 3.44. The van der Waals surface area contributed by atoms with Gasteiger partial charge in [0.25, 0.3) is 0 Å². The molecular weight excluding hydrogens is 301 g/mol. The van der Waals surface area contributed by atoms with Gasteiger partial charge in [-0.2, -0.15) is 13.2 Å². The first-order chi connectivity index (χ1) is 9.72. The Morgan fingerprint density at radius 2 is 1.81 bits per heavy atom. The van der Waals surface area contributed by atoms with E-state index in [1.54, 1.807) is 6.07 Å². The summed E-state index contributed by atoms with van der Waals surface area (Å²) in [4.78, 5) is 0. The van der Waals surface area contributed by atoms with E-state index < -0.39 is 28.1 Å². The van der Waals surface area contributed by atoms with Crippen LogP contribution >= 0.6 is 0 Å². The number of hydrogen-bond acceptors (Lipinski definition) is 2. The molecule has 2 bridgehead atoms. The molecule has 1 N–H and O–H groups in total. The van der Waals surface area contributed by atoms with E-state index in [-0.39, 0.29) is 28.9 Å². The highest BCUT2D eigenvalue weighted by molar-refractivity contribution is 7.86. The number of benzene rings is 1. The minimum atomic E-state index is -4.42. The highest BCUT2D eigenvalue weighted by Crippen LogP contribution is 2.47. The van der Waals surface area contributed by atoms with E-state index in [0.29, 0.717) is 5.56 Å². The van der Waals surface area contributed by atoms with Gasteiger partial charge in [-0.05, 0) is 49.8 Å². The summed E-state index contributed by atoms with van der Waals surface area (Å²) < 4.78 is 51.1. The van der Waals surface area contributed by atoms with Gasteiger partial charge in [0.2, 0.25) is 0 Å².